The molecule has 0 atom stereocenters. The Hall–Kier alpha value is -9.50. The molecular formula is C70H45NO. The van der Waals surface area contributed by atoms with Crippen molar-refractivity contribution in [2.75, 3.05) is 4.90 Å². The van der Waals surface area contributed by atoms with Gasteiger partial charge in [-0.1, -0.05) is 218 Å². The number of benzene rings is 13. The van der Waals surface area contributed by atoms with E-state index in [9.17, 15) is 0 Å². The summed E-state index contributed by atoms with van der Waals surface area (Å²) in [5.74, 6) is 0. The number of para-hydroxylation sites is 1. The number of hydrogen-bond donors (Lipinski definition) is 0. The first-order valence-corrected chi connectivity index (χ1v) is 24.7. The average molecular weight is 916 g/mol. The van der Waals surface area contributed by atoms with Gasteiger partial charge < -0.3 is 9.32 Å². The molecule has 0 amide bonds. The third kappa shape index (κ3) is 6.95. The fourth-order valence-corrected chi connectivity index (χ4v) is 11.3. The predicted molar refractivity (Wildman–Crippen MR) is 306 cm³/mol. The number of rotatable bonds is 8. The predicted octanol–water partition coefficient (Wildman–Crippen LogP) is 20.0. The Morgan fingerprint density at radius 1 is 0.264 bits per heavy atom. The first-order chi connectivity index (χ1) is 35.7. The number of nitrogens with zero attached hydrogens (tertiary/aromatic N) is 1. The van der Waals surface area contributed by atoms with Gasteiger partial charge in [-0.3, -0.25) is 0 Å². The van der Waals surface area contributed by atoms with Crippen molar-refractivity contribution in [1.82, 2.24) is 0 Å². The highest BCUT2D eigenvalue weighted by Crippen LogP contribution is 2.48. The van der Waals surface area contributed by atoms with Crippen LogP contribution in [0.4, 0.5) is 17.1 Å². The summed E-state index contributed by atoms with van der Waals surface area (Å²) in [5, 5.41) is 11.9. The molecule has 0 N–H and O–H groups in total. The first kappa shape index (κ1) is 41.5. The lowest BCUT2D eigenvalue weighted by molar-refractivity contribution is 0.673. The van der Waals surface area contributed by atoms with Crippen molar-refractivity contribution in [3.05, 3.63) is 273 Å². The van der Waals surface area contributed by atoms with Gasteiger partial charge in [-0.25, -0.2) is 0 Å². The Kier molecular flexibility index (Phi) is 9.89. The van der Waals surface area contributed by atoms with Crippen LogP contribution in [0.1, 0.15) is 0 Å². The molecule has 14 aromatic rings. The van der Waals surface area contributed by atoms with Crippen molar-refractivity contribution >= 4 is 82.1 Å². The third-order valence-corrected chi connectivity index (χ3v) is 14.6. The summed E-state index contributed by atoms with van der Waals surface area (Å²) in [7, 11) is 0. The topological polar surface area (TPSA) is 16.4 Å². The molecule has 336 valence electrons. The Bertz CT molecular complexity index is 4380. The lowest BCUT2D eigenvalue weighted by Crippen LogP contribution is -2.11. The molecule has 1 aromatic heterocycles. The van der Waals surface area contributed by atoms with Crippen molar-refractivity contribution < 1.29 is 4.42 Å². The van der Waals surface area contributed by atoms with E-state index in [1.165, 1.54) is 65.7 Å². The van der Waals surface area contributed by atoms with Crippen LogP contribution in [0.5, 0.6) is 0 Å². The molecule has 2 nitrogen and oxygen atoms in total. The van der Waals surface area contributed by atoms with Crippen molar-refractivity contribution in [3.63, 3.8) is 0 Å². The molecule has 2 heteroatoms. The second-order valence-corrected chi connectivity index (χ2v) is 18.7. The van der Waals surface area contributed by atoms with E-state index in [0.717, 1.165) is 72.0 Å². The van der Waals surface area contributed by atoms with Crippen LogP contribution in [0.3, 0.4) is 0 Å². The minimum Gasteiger partial charge on any atom is -0.455 e. The van der Waals surface area contributed by atoms with Crippen LogP contribution in [0.25, 0.3) is 121 Å². The lowest BCUT2D eigenvalue weighted by Gasteiger charge is -2.28. The minimum absolute atomic E-state index is 0.872. The summed E-state index contributed by atoms with van der Waals surface area (Å²) in [6.07, 6.45) is 0. The van der Waals surface area contributed by atoms with Crippen LogP contribution in [0.15, 0.2) is 277 Å². The third-order valence-electron chi connectivity index (χ3n) is 14.6. The zero-order valence-electron chi connectivity index (χ0n) is 39.3. The summed E-state index contributed by atoms with van der Waals surface area (Å²) < 4.78 is 6.75. The molecule has 1 heterocycles. The second-order valence-electron chi connectivity index (χ2n) is 18.7. The summed E-state index contributed by atoms with van der Waals surface area (Å²) in [6, 6.07) is 99.3. The minimum atomic E-state index is 0.872. The second kappa shape index (κ2) is 17.2. The number of furan rings is 1. The molecule has 72 heavy (non-hydrogen) atoms. The van der Waals surface area contributed by atoms with Gasteiger partial charge >= 0.3 is 0 Å². The molecule has 0 aliphatic carbocycles. The van der Waals surface area contributed by atoms with Crippen molar-refractivity contribution in [2.24, 2.45) is 0 Å². The lowest BCUT2D eigenvalue weighted by atomic mass is 9.84. The summed E-state index contributed by atoms with van der Waals surface area (Å²) >= 11 is 0. The Balaban J connectivity index is 0.969. The molecule has 0 bridgehead atoms. The van der Waals surface area contributed by atoms with E-state index in [2.05, 4.69) is 278 Å². The fourth-order valence-electron chi connectivity index (χ4n) is 11.3. The molecule has 0 aliphatic rings. The highest BCUT2D eigenvalue weighted by Gasteiger charge is 2.23. The molecule has 13 aromatic carbocycles. The summed E-state index contributed by atoms with van der Waals surface area (Å²) in [4.78, 5) is 2.43. The van der Waals surface area contributed by atoms with E-state index in [4.69, 9.17) is 4.42 Å². The molecular weight excluding hydrogens is 871 g/mol. The molecule has 0 fully saturated rings. The molecule has 0 saturated heterocycles. The van der Waals surface area contributed by atoms with E-state index < -0.39 is 0 Å². The molecule has 0 saturated carbocycles. The molecule has 0 aliphatic heterocycles. The van der Waals surface area contributed by atoms with E-state index in [0.29, 0.717) is 0 Å². The van der Waals surface area contributed by atoms with Gasteiger partial charge in [0.05, 0.1) is 5.69 Å². The first-order valence-electron chi connectivity index (χ1n) is 24.7. The van der Waals surface area contributed by atoms with E-state index in [-0.39, 0.29) is 0 Å². The maximum Gasteiger partial charge on any atom is 0.143 e. The zero-order chi connectivity index (χ0) is 47.5. The van der Waals surface area contributed by atoms with Crippen LogP contribution in [0.2, 0.25) is 0 Å². The monoisotopic (exact) mass is 915 g/mol. The molecule has 0 spiro atoms. The van der Waals surface area contributed by atoms with Gasteiger partial charge in [0.1, 0.15) is 11.2 Å². The SMILES string of the molecule is c1ccc(-c2c(-c3ccccc3)c3cc(-c4cccc(N(c5ccc(-c6ccc7ccccc7c6)cc5)c5ccccc5-c5cccc6oc7c8ccccc8ccc7c56)c4)ccc3c3ccccc23)cc1. The van der Waals surface area contributed by atoms with Crippen LogP contribution < -0.4 is 4.90 Å². The molecule has 0 radical (unpaired) electrons. The van der Waals surface area contributed by atoms with Crippen LogP contribution in [-0.4, -0.2) is 0 Å². The number of fused-ring (bicyclic) bond motifs is 9. The Labute approximate surface area is 417 Å². The summed E-state index contributed by atoms with van der Waals surface area (Å²) in [5.41, 5.74) is 16.7. The average Bonchev–Trinajstić information content (AvgIpc) is 3.85. The Morgan fingerprint density at radius 3 is 1.61 bits per heavy atom. The smallest absolute Gasteiger partial charge is 0.143 e. The van der Waals surface area contributed by atoms with Gasteiger partial charge in [-0.15, -0.1) is 0 Å². The van der Waals surface area contributed by atoms with Gasteiger partial charge in [0, 0.05) is 33.1 Å². The maximum absolute atomic E-state index is 6.75. The number of anilines is 3. The van der Waals surface area contributed by atoms with Gasteiger partial charge in [-0.05, 0) is 142 Å². The van der Waals surface area contributed by atoms with E-state index in [1.807, 2.05) is 0 Å². The fraction of sp³-hybridized carbons (Fsp3) is 0. The zero-order valence-corrected chi connectivity index (χ0v) is 39.3. The Morgan fingerprint density at radius 2 is 0.806 bits per heavy atom. The van der Waals surface area contributed by atoms with E-state index in [1.54, 1.807) is 0 Å². The van der Waals surface area contributed by atoms with Crippen molar-refractivity contribution in [2.45, 2.75) is 0 Å². The van der Waals surface area contributed by atoms with Crippen molar-refractivity contribution in [1.29, 1.82) is 0 Å². The number of hydrogen-bond acceptors (Lipinski definition) is 2. The standard InChI is InChI=1S/C70H45NO/c1-3-19-49(20-4-1)67-61-29-12-11-27-58(61)59-41-38-54(45-64(59)68(67)50-21-5-2-6-22-50)52-24-15-25-56(44-52)71(55-39-35-47(36-40-55)53-34-33-46-17-7-8-23-51(46)43-53)65-31-14-13-28-60(65)62-30-16-32-66-69(62)63-42-37-48-18-9-10-26-57(48)70(63)72-66/h1-45H. The van der Waals surface area contributed by atoms with Crippen LogP contribution >= 0.6 is 0 Å². The van der Waals surface area contributed by atoms with Gasteiger partial charge in [0.15, 0.2) is 0 Å². The summed E-state index contributed by atoms with van der Waals surface area (Å²) in [6.45, 7) is 0. The normalized spacial score (nSPS) is 11.6. The maximum atomic E-state index is 6.75. The quantitative estimate of drug-likeness (QED) is 0.141. The van der Waals surface area contributed by atoms with E-state index >= 15 is 0 Å². The van der Waals surface area contributed by atoms with Gasteiger partial charge in [0.2, 0.25) is 0 Å². The molecule has 14 rings (SSSR count). The highest BCUT2D eigenvalue weighted by molar-refractivity contribution is 6.23. The van der Waals surface area contributed by atoms with Gasteiger partial charge in [0.25, 0.3) is 0 Å². The van der Waals surface area contributed by atoms with Crippen LogP contribution in [-0.2, 0) is 0 Å². The van der Waals surface area contributed by atoms with Crippen molar-refractivity contribution in [3.8, 4) is 55.6 Å². The van der Waals surface area contributed by atoms with Crippen LogP contribution in [0, 0.1) is 0 Å². The largest absolute Gasteiger partial charge is 0.455 e. The highest BCUT2D eigenvalue weighted by atomic mass is 16.3. The van der Waals surface area contributed by atoms with Gasteiger partial charge in [-0.2, -0.15) is 0 Å². The molecule has 0 unspecified atom stereocenters.